The summed E-state index contributed by atoms with van der Waals surface area (Å²) in [5.74, 6) is -4.46. The molecule has 1 heterocycles. The molecular formula is C6H3BF3KN. The minimum Gasteiger partial charge on any atom is -0.518 e. The summed E-state index contributed by atoms with van der Waals surface area (Å²) in [5.41, 5.74) is -0.579. The van der Waals surface area contributed by atoms with E-state index in [0.717, 1.165) is 12.3 Å². The van der Waals surface area contributed by atoms with Gasteiger partial charge in [-0.1, -0.05) is 0 Å². The molecule has 0 fully saturated rings. The van der Waals surface area contributed by atoms with Crippen LogP contribution in [-0.2, 0) is 5.82 Å². The van der Waals surface area contributed by atoms with Crippen LogP contribution in [0.2, 0.25) is 0 Å². The molecule has 0 atom stereocenters. The van der Waals surface area contributed by atoms with Crippen LogP contribution in [0.15, 0.2) is 18.3 Å². The second-order valence-corrected chi connectivity index (χ2v) is 1.99. The van der Waals surface area contributed by atoms with Crippen LogP contribution >= 0.6 is 0 Å². The van der Waals surface area contributed by atoms with Gasteiger partial charge in [0.2, 0.25) is 5.95 Å². The standard InChI is InChI=1S/C6H3BF3N.K/c7-6(9,10)4-1-2-11-5(8)3-4;/h1-3H;/q-1;+1. The summed E-state index contributed by atoms with van der Waals surface area (Å²) in [4.78, 5) is 3.10. The minimum absolute atomic E-state index is 0. The number of alkyl halides is 2. The maximum Gasteiger partial charge on any atom is 1.00 e. The SMILES string of the molecule is [B-]C(F)(F)c1ccnc(F)c1.[K+]. The minimum atomic E-state index is -3.50. The molecule has 6 heteroatoms. The predicted molar refractivity (Wildman–Crippen MR) is 33.8 cm³/mol. The molecule has 0 saturated heterocycles. The number of pyridine rings is 1. The second-order valence-electron chi connectivity index (χ2n) is 1.99. The molecule has 12 heavy (non-hydrogen) atoms. The normalized spacial score (nSPS) is 10.7. The quantitative estimate of drug-likeness (QED) is 0.391. The van der Waals surface area contributed by atoms with Crippen LogP contribution in [0.1, 0.15) is 5.56 Å². The maximum atomic E-state index is 12.2. The molecule has 0 bridgehead atoms. The van der Waals surface area contributed by atoms with Gasteiger partial charge in [0.15, 0.2) is 0 Å². The summed E-state index contributed by atoms with van der Waals surface area (Å²) < 4.78 is 36.6. The van der Waals surface area contributed by atoms with Crippen molar-refractivity contribution in [3.8, 4) is 0 Å². The van der Waals surface area contributed by atoms with Crippen LogP contribution in [0.25, 0.3) is 0 Å². The summed E-state index contributed by atoms with van der Waals surface area (Å²) in [6.07, 6.45) is 0.936. The van der Waals surface area contributed by atoms with Gasteiger partial charge >= 0.3 is 51.4 Å². The van der Waals surface area contributed by atoms with Crippen molar-refractivity contribution >= 4 is 7.85 Å². The Morgan fingerprint density at radius 3 is 2.33 bits per heavy atom. The van der Waals surface area contributed by atoms with Gasteiger partial charge in [-0.2, -0.15) is 4.39 Å². The summed E-state index contributed by atoms with van der Waals surface area (Å²) in [6, 6.07) is 1.56. The first-order valence-corrected chi connectivity index (χ1v) is 2.79. The van der Waals surface area contributed by atoms with Crippen molar-refractivity contribution in [3.63, 3.8) is 0 Å². The Bertz CT molecular complexity index is 263. The van der Waals surface area contributed by atoms with Crippen molar-refractivity contribution in [3.05, 3.63) is 29.8 Å². The number of halogens is 3. The molecule has 0 spiro atoms. The van der Waals surface area contributed by atoms with Crippen LogP contribution < -0.4 is 51.4 Å². The second kappa shape index (κ2) is 4.76. The average molecular weight is 196 g/mol. The van der Waals surface area contributed by atoms with Crippen molar-refractivity contribution < 1.29 is 64.6 Å². The van der Waals surface area contributed by atoms with Gasteiger partial charge in [-0.3, -0.25) is 8.78 Å². The number of hydrogen-bond donors (Lipinski definition) is 0. The Morgan fingerprint density at radius 1 is 1.42 bits per heavy atom. The zero-order valence-electron chi connectivity index (χ0n) is 6.39. The van der Waals surface area contributed by atoms with Crippen molar-refractivity contribution in [1.29, 1.82) is 0 Å². The average Bonchev–Trinajstić information content (AvgIpc) is 1.86. The van der Waals surface area contributed by atoms with E-state index in [2.05, 4.69) is 12.8 Å². The van der Waals surface area contributed by atoms with E-state index in [0.29, 0.717) is 6.07 Å². The molecule has 0 aliphatic heterocycles. The predicted octanol–water partition coefficient (Wildman–Crippen LogP) is -1.56. The monoisotopic (exact) mass is 196 g/mol. The van der Waals surface area contributed by atoms with Crippen molar-refractivity contribution in [2.24, 2.45) is 0 Å². The zero-order valence-corrected chi connectivity index (χ0v) is 9.51. The van der Waals surface area contributed by atoms with Gasteiger partial charge in [0.25, 0.3) is 0 Å². The van der Waals surface area contributed by atoms with Crippen LogP contribution in [-0.4, -0.2) is 12.8 Å². The fraction of sp³-hybridized carbons (Fsp3) is 0.167. The fourth-order valence-electron chi connectivity index (χ4n) is 0.610. The van der Waals surface area contributed by atoms with Gasteiger partial charge in [-0.05, 0) is 17.7 Å². The Hall–Kier alpha value is 0.641. The van der Waals surface area contributed by atoms with E-state index in [1.165, 1.54) is 0 Å². The molecule has 1 aromatic rings. The van der Waals surface area contributed by atoms with Gasteiger partial charge in [0.05, 0.1) is 0 Å². The smallest absolute Gasteiger partial charge is 0.518 e. The van der Waals surface area contributed by atoms with Gasteiger partial charge in [-0.15, -0.1) is 0 Å². The first-order valence-electron chi connectivity index (χ1n) is 2.79. The number of rotatable bonds is 1. The van der Waals surface area contributed by atoms with Crippen LogP contribution in [0.3, 0.4) is 0 Å². The van der Waals surface area contributed by atoms with E-state index in [1.54, 1.807) is 0 Å². The first kappa shape index (κ1) is 12.6. The molecule has 0 saturated carbocycles. The van der Waals surface area contributed by atoms with E-state index < -0.39 is 17.3 Å². The van der Waals surface area contributed by atoms with E-state index in [4.69, 9.17) is 0 Å². The first-order chi connectivity index (χ1) is 5.00. The van der Waals surface area contributed by atoms with Crippen molar-refractivity contribution in [2.45, 2.75) is 5.82 Å². The third-order valence-corrected chi connectivity index (χ3v) is 1.11. The van der Waals surface area contributed by atoms with Crippen LogP contribution in [0.4, 0.5) is 13.2 Å². The molecule has 1 nitrogen and oxygen atoms in total. The van der Waals surface area contributed by atoms with Gasteiger partial charge < -0.3 is 7.85 Å². The van der Waals surface area contributed by atoms with Gasteiger partial charge in [0, 0.05) is 12.0 Å². The molecule has 3 radical (unpaired) electrons. The molecule has 0 aliphatic carbocycles. The van der Waals surface area contributed by atoms with Crippen molar-refractivity contribution in [1.82, 2.24) is 4.98 Å². The van der Waals surface area contributed by atoms with Gasteiger partial charge in [0.1, 0.15) is 0 Å². The van der Waals surface area contributed by atoms with E-state index >= 15 is 0 Å². The van der Waals surface area contributed by atoms with Crippen LogP contribution in [0.5, 0.6) is 0 Å². The van der Waals surface area contributed by atoms with E-state index in [9.17, 15) is 13.2 Å². The molecule has 0 amide bonds. The van der Waals surface area contributed by atoms with E-state index in [-0.39, 0.29) is 51.4 Å². The zero-order chi connectivity index (χ0) is 8.48. The molecule has 0 aromatic carbocycles. The number of nitrogens with zero attached hydrogens (tertiary/aromatic N) is 1. The molecule has 0 N–H and O–H groups in total. The van der Waals surface area contributed by atoms with Crippen LogP contribution in [0, 0.1) is 5.95 Å². The number of hydrogen-bond acceptors (Lipinski definition) is 1. The van der Waals surface area contributed by atoms with Crippen molar-refractivity contribution in [2.75, 3.05) is 0 Å². The Kier molecular flexibility index (Phi) is 5.01. The third kappa shape index (κ3) is 3.57. The van der Waals surface area contributed by atoms with E-state index in [1.807, 2.05) is 0 Å². The third-order valence-electron chi connectivity index (χ3n) is 1.11. The summed E-state index contributed by atoms with van der Waals surface area (Å²) in [6.45, 7) is 0. The molecule has 1 aromatic heterocycles. The molecular weight excluding hydrogens is 193 g/mol. The molecule has 1 rings (SSSR count). The van der Waals surface area contributed by atoms with Gasteiger partial charge in [-0.25, -0.2) is 4.98 Å². The fourth-order valence-corrected chi connectivity index (χ4v) is 0.610. The maximum absolute atomic E-state index is 12.2. The largest absolute Gasteiger partial charge is 1.00 e. The Labute approximate surface area is 112 Å². The molecule has 0 aliphatic rings. The molecule has 57 valence electrons. The topological polar surface area (TPSA) is 12.9 Å². The molecule has 0 unspecified atom stereocenters. The summed E-state index contributed by atoms with van der Waals surface area (Å²) in [7, 11) is 4.40. The number of aromatic nitrogens is 1. The Morgan fingerprint density at radius 2 is 2.00 bits per heavy atom. The summed E-state index contributed by atoms with van der Waals surface area (Å²) >= 11 is 0. The Balaban J connectivity index is 0.00000121. The summed E-state index contributed by atoms with van der Waals surface area (Å²) in [5, 5.41) is 0.